The third-order valence-electron chi connectivity index (χ3n) is 1.32. The number of hydrogen-bond acceptors (Lipinski definition) is 3. The van der Waals surface area contributed by atoms with Crippen LogP contribution in [-0.2, 0) is 11.1 Å². The molecule has 12 heavy (non-hydrogen) atoms. The summed E-state index contributed by atoms with van der Waals surface area (Å²) in [6, 6.07) is 4.86. The molecule has 0 heterocycles. The van der Waals surface area contributed by atoms with Crippen LogP contribution in [0.25, 0.3) is 0 Å². The van der Waals surface area contributed by atoms with Crippen LogP contribution in [0.4, 0.5) is 0 Å². The van der Waals surface area contributed by atoms with Crippen molar-refractivity contribution in [2.75, 3.05) is 6.26 Å². The van der Waals surface area contributed by atoms with Crippen molar-refractivity contribution >= 4 is 34.4 Å². The summed E-state index contributed by atoms with van der Waals surface area (Å²) >= 11 is 4.97. The van der Waals surface area contributed by atoms with Gasteiger partial charge in [0.1, 0.15) is 0 Å². The zero-order valence-corrected chi connectivity index (χ0v) is 8.63. The summed E-state index contributed by atoms with van der Waals surface area (Å²) in [5, 5.41) is 0.273. The Morgan fingerprint density at radius 1 is 1.58 bits per heavy atom. The van der Waals surface area contributed by atoms with Crippen molar-refractivity contribution in [3.05, 3.63) is 23.2 Å². The van der Waals surface area contributed by atoms with Crippen molar-refractivity contribution in [1.29, 1.82) is 0 Å². The highest BCUT2D eigenvalue weighted by Crippen LogP contribution is 2.24. The highest BCUT2D eigenvalue weighted by molar-refractivity contribution is 7.98. The fraction of sp³-hybridized carbons (Fsp3) is 0.143. The molecule has 1 aromatic carbocycles. The summed E-state index contributed by atoms with van der Waals surface area (Å²) in [5.74, 6) is 0. The lowest BCUT2D eigenvalue weighted by molar-refractivity contribution is 0.537. The van der Waals surface area contributed by atoms with Crippen molar-refractivity contribution in [1.82, 2.24) is 0 Å². The van der Waals surface area contributed by atoms with E-state index in [1.165, 1.54) is 17.8 Å². The van der Waals surface area contributed by atoms with Gasteiger partial charge in [-0.15, -0.1) is 11.8 Å². The number of benzene rings is 1. The first-order chi connectivity index (χ1) is 5.65. The van der Waals surface area contributed by atoms with Crippen molar-refractivity contribution in [3.63, 3.8) is 0 Å². The molecule has 1 atom stereocenters. The standard InChI is InChI=1S/C7H7ClO2S2/c1-11-5-2-3-7(12(9)10)6(8)4-5/h2-4H,1H3,(H,9,10)/p-1. The Morgan fingerprint density at radius 2 is 2.25 bits per heavy atom. The van der Waals surface area contributed by atoms with E-state index in [1.54, 1.807) is 12.1 Å². The Hall–Kier alpha value is -0.0300. The average molecular weight is 222 g/mol. The molecule has 0 fully saturated rings. The lowest BCUT2D eigenvalue weighted by Crippen LogP contribution is -1.89. The van der Waals surface area contributed by atoms with Crippen LogP contribution in [0, 0.1) is 0 Å². The molecule has 0 aliphatic carbocycles. The van der Waals surface area contributed by atoms with Crippen molar-refractivity contribution in [2.24, 2.45) is 0 Å². The highest BCUT2D eigenvalue weighted by Gasteiger charge is 2.00. The normalized spacial score (nSPS) is 12.9. The number of hydrogen-bond donors (Lipinski definition) is 0. The van der Waals surface area contributed by atoms with E-state index in [2.05, 4.69) is 0 Å². The molecule has 0 amide bonds. The zero-order valence-electron chi connectivity index (χ0n) is 6.24. The minimum atomic E-state index is -2.24. The van der Waals surface area contributed by atoms with Crippen LogP contribution in [0.5, 0.6) is 0 Å². The Labute approximate surface area is 82.6 Å². The first kappa shape index (κ1) is 10.1. The van der Waals surface area contributed by atoms with Gasteiger partial charge in [0.2, 0.25) is 0 Å². The zero-order chi connectivity index (χ0) is 9.14. The molecule has 0 aromatic heterocycles. The molecule has 1 aromatic rings. The van der Waals surface area contributed by atoms with Crippen LogP contribution in [0.2, 0.25) is 5.02 Å². The fourth-order valence-electron chi connectivity index (χ4n) is 0.744. The van der Waals surface area contributed by atoms with E-state index in [9.17, 15) is 8.76 Å². The monoisotopic (exact) mass is 221 g/mol. The lowest BCUT2D eigenvalue weighted by atomic mass is 10.4. The van der Waals surface area contributed by atoms with Gasteiger partial charge in [0.15, 0.2) is 0 Å². The second-order valence-electron chi connectivity index (χ2n) is 2.03. The molecule has 0 radical (unpaired) electrons. The average Bonchev–Trinajstić information content (AvgIpc) is 2.03. The van der Waals surface area contributed by atoms with Crippen LogP contribution in [-0.4, -0.2) is 15.0 Å². The van der Waals surface area contributed by atoms with Crippen molar-refractivity contribution < 1.29 is 8.76 Å². The first-order valence-corrected chi connectivity index (χ1v) is 5.75. The van der Waals surface area contributed by atoms with Crippen molar-refractivity contribution in [2.45, 2.75) is 9.79 Å². The van der Waals surface area contributed by atoms with Crippen LogP contribution < -0.4 is 0 Å². The molecule has 1 unspecified atom stereocenters. The maximum Gasteiger partial charge on any atom is 0.0567 e. The van der Waals surface area contributed by atoms with Crippen LogP contribution in [0.3, 0.4) is 0 Å². The van der Waals surface area contributed by atoms with Crippen LogP contribution >= 0.6 is 23.4 Å². The molecule has 0 aliphatic heterocycles. The Bertz CT molecular complexity index is 314. The predicted octanol–water partition coefficient (Wildman–Crippen LogP) is 2.30. The molecule has 0 bridgehead atoms. The molecule has 0 saturated heterocycles. The van der Waals surface area contributed by atoms with E-state index in [-0.39, 0.29) is 9.92 Å². The molecule has 5 heteroatoms. The Kier molecular flexibility index (Phi) is 3.58. The van der Waals surface area contributed by atoms with Crippen LogP contribution in [0.15, 0.2) is 28.0 Å². The third kappa shape index (κ3) is 2.23. The van der Waals surface area contributed by atoms with E-state index in [4.69, 9.17) is 11.6 Å². The molecule has 1 rings (SSSR count). The van der Waals surface area contributed by atoms with Gasteiger partial charge in [0, 0.05) is 9.79 Å². The second kappa shape index (κ2) is 4.28. The molecular weight excluding hydrogens is 216 g/mol. The summed E-state index contributed by atoms with van der Waals surface area (Å²) in [6.45, 7) is 0. The first-order valence-electron chi connectivity index (χ1n) is 3.08. The van der Waals surface area contributed by atoms with Gasteiger partial charge in [-0.25, -0.2) is 0 Å². The SMILES string of the molecule is CSc1ccc(S(=O)[O-])c(Cl)c1. The summed E-state index contributed by atoms with van der Waals surface area (Å²) in [5.41, 5.74) is 0. The predicted molar refractivity (Wildman–Crippen MR) is 50.4 cm³/mol. The van der Waals surface area contributed by atoms with E-state index >= 15 is 0 Å². The van der Waals surface area contributed by atoms with Gasteiger partial charge in [0.05, 0.1) is 5.02 Å². The molecule has 2 nitrogen and oxygen atoms in total. The van der Waals surface area contributed by atoms with E-state index < -0.39 is 11.1 Å². The largest absolute Gasteiger partial charge is 0.768 e. The Morgan fingerprint density at radius 3 is 2.67 bits per heavy atom. The van der Waals surface area contributed by atoms with Gasteiger partial charge in [-0.2, -0.15) is 0 Å². The van der Waals surface area contributed by atoms with Crippen LogP contribution in [0.1, 0.15) is 0 Å². The lowest BCUT2D eigenvalue weighted by Gasteiger charge is -2.07. The molecule has 0 spiro atoms. The minimum Gasteiger partial charge on any atom is -0.768 e. The summed E-state index contributed by atoms with van der Waals surface area (Å²) in [6.07, 6.45) is 1.90. The Balaban J connectivity index is 3.12. The molecule has 0 saturated carbocycles. The topological polar surface area (TPSA) is 40.1 Å². The maximum absolute atomic E-state index is 10.5. The highest BCUT2D eigenvalue weighted by atomic mass is 35.5. The summed E-state index contributed by atoms with van der Waals surface area (Å²) < 4.78 is 21.1. The smallest absolute Gasteiger partial charge is 0.0567 e. The van der Waals surface area contributed by atoms with Crippen molar-refractivity contribution in [3.8, 4) is 0 Å². The van der Waals surface area contributed by atoms with Gasteiger partial charge < -0.3 is 4.55 Å². The van der Waals surface area contributed by atoms with Gasteiger partial charge in [-0.05, 0) is 35.5 Å². The van der Waals surface area contributed by atoms with Gasteiger partial charge in [-0.1, -0.05) is 11.6 Å². The second-order valence-corrected chi connectivity index (χ2v) is 4.23. The van der Waals surface area contributed by atoms with Gasteiger partial charge in [0.25, 0.3) is 0 Å². The number of halogens is 1. The molecule has 0 N–H and O–H groups in total. The molecular formula is C7H6ClO2S2-. The van der Waals surface area contributed by atoms with E-state index in [0.29, 0.717) is 0 Å². The molecule has 66 valence electrons. The summed E-state index contributed by atoms with van der Waals surface area (Å²) in [7, 11) is 0. The number of rotatable bonds is 2. The van der Waals surface area contributed by atoms with Gasteiger partial charge in [-0.3, -0.25) is 4.21 Å². The van der Waals surface area contributed by atoms with E-state index in [1.807, 2.05) is 6.26 Å². The fourth-order valence-corrected chi connectivity index (χ4v) is 2.02. The minimum absolute atomic E-state index is 0.148. The maximum atomic E-state index is 10.5. The molecule has 0 aliphatic rings. The number of thioether (sulfide) groups is 1. The van der Waals surface area contributed by atoms with Gasteiger partial charge >= 0.3 is 0 Å². The van der Waals surface area contributed by atoms with E-state index in [0.717, 1.165) is 4.90 Å². The third-order valence-corrected chi connectivity index (χ3v) is 3.18. The quantitative estimate of drug-likeness (QED) is 0.568. The summed E-state index contributed by atoms with van der Waals surface area (Å²) in [4.78, 5) is 1.10.